The largest absolute Gasteiger partial charge is 0.396 e. The van der Waals surface area contributed by atoms with Crippen molar-refractivity contribution in [1.82, 2.24) is 0 Å². The fourth-order valence-corrected chi connectivity index (χ4v) is 8.34. The third kappa shape index (κ3) is 2.88. The third-order valence-electron chi connectivity index (χ3n) is 9.97. The van der Waals surface area contributed by atoms with Crippen LogP contribution in [0, 0.1) is 46.3 Å². The van der Waals surface area contributed by atoms with Gasteiger partial charge in [0.15, 0.2) is 0 Å². The molecule has 3 nitrogen and oxygen atoms in total. The Hall–Kier alpha value is -0.120. The second kappa shape index (κ2) is 7.04. The van der Waals surface area contributed by atoms with E-state index in [4.69, 9.17) is 0 Å². The molecule has 2 unspecified atom stereocenters. The van der Waals surface area contributed by atoms with E-state index >= 15 is 0 Å². The maximum atomic E-state index is 10.2. The van der Waals surface area contributed by atoms with Crippen molar-refractivity contribution < 1.29 is 15.3 Å². The molecular formula is C23H40O3. The highest BCUT2D eigenvalue weighted by atomic mass is 16.3. The Morgan fingerprint density at radius 3 is 2.27 bits per heavy atom. The summed E-state index contributed by atoms with van der Waals surface area (Å²) in [6.45, 7) is 5.35. The number of fused-ring (bicyclic) bond motifs is 5. The highest BCUT2D eigenvalue weighted by Gasteiger charge is 2.60. The van der Waals surface area contributed by atoms with E-state index < -0.39 is 0 Å². The fourth-order valence-electron chi connectivity index (χ4n) is 8.34. The van der Waals surface area contributed by atoms with Crippen molar-refractivity contribution >= 4 is 0 Å². The Bertz CT molecular complexity index is 504. The first-order valence-corrected chi connectivity index (χ1v) is 11.3. The van der Waals surface area contributed by atoms with Crippen LogP contribution in [0.3, 0.4) is 0 Å². The lowest BCUT2D eigenvalue weighted by molar-refractivity contribution is -0.127. The Kier molecular flexibility index (Phi) is 5.20. The summed E-state index contributed by atoms with van der Waals surface area (Å²) in [6, 6.07) is 0. The summed E-state index contributed by atoms with van der Waals surface area (Å²) >= 11 is 0. The lowest BCUT2D eigenvalue weighted by Crippen LogP contribution is -2.54. The predicted molar refractivity (Wildman–Crippen MR) is 104 cm³/mol. The standard InChI is InChI=1S/C23H40O3/c1-22-9-7-18(26)12-17(22)3-5-19-20-6-4-16(11-15(13-24)14-25)23(20,2)10-8-21(19)22/h15-21,24-26H,3-14H2,1-2H3/t16-,17?,18?,19+,20+,21+,22+,23-/m1/s1. The Morgan fingerprint density at radius 1 is 0.846 bits per heavy atom. The SMILES string of the molecule is C[C@]12CC[C@H]3[C@@H](CCC4CC(O)CC[C@@]43C)[C@@H]1CC[C@@H]2CC(CO)CO. The van der Waals surface area contributed by atoms with Crippen LogP contribution in [-0.4, -0.2) is 34.6 Å². The first kappa shape index (κ1) is 19.2. The van der Waals surface area contributed by atoms with Crippen molar-refractivity contribution in [2.45, 2.75) is 84.2 Å². The van der Waals surface area contributed by atoms with Gasteiger partial charge in [-0.15, -0.1) is 0 Å². The molecule has 0 bridgehead atoms. The maximum Gasteiger partial charge on any atom is 0.0543 e. The molecular weight excluding hydrogens is 324 g/mol. The molecule has 3 heteroatoms. The van der Waals surface area contributed by atoms with E-state index in [1.54, 1.807) is 0 Å². The van der Waals surface area contributed by atoms with E-state index in [0.717, 1.165) is 42.9 Å². The van der Waals surface area contributed by atoms with E-state index in [-0.39, 0.29) is 25.2 Å². The summed E-state index contributed by atoms with van der Waals surface area (Å²) in [6.07, 6.45) is 12.3. The molecule has 0 aromatic carbocycles. The molecule has 150 valence electrons. The van der Waals surface area contributed by atoms with Gasteiger partial charge in [-0.05, 0) is 105 Å². The summed E-state index contributed by atoms with van der Waals surface area (Å²) in [5.41, 5.74) is 0.876. The normalized spacial score (nSPS) is 51.0. The van der Waals surface area contributed by atoms with Gasteiger partial charge < -0.3 is 15.3 Å². The molecule has 0 aliphatic heterocycles. The van der Waals surface area contributed by atoms with E-state index in [9.17, 15) is 15.3 Å². The number of aliphatic hydroxyl groups excluding tert-OH is 3. The first-order valence-electron chi connectivity index (χ1n) is 11.3. The summed E-state index contributed by atoms with van der Waals surface area (Å²) in [4.78, 5) is 0. The van der Waals surface area contributed by atoms with Crippen LogP contribution in [0.5, 0.6) is 0 Å². The molecule has 0 saturated heterocycles. The van der Waals surface area contributed by atoms with E-state index in [2.05, 4.69) is 13.8 Å². The van der Waals surface area contributed by atoms with Crippen molar-refractivity contribution in [2.75, 3.05) is 13.2 Å². The topological polar surface area (TPSA) is 60.7 Å². The second-order valence-electron chi connectivity index (χ2n) is 10.9. The smallest absolute Gasteiger partial charge is 0.0543 e. The van der Waals surface area contributed by atoms with Gasteiger partial charge in [0.25, 0.3) is 0 Å². The molecule has 4 aliphatic rings. The molecule has 4 saturated carbocycles. The Morgan fingerprint density at radius 2 is 1.54 bits per heavy atom. The number of hydrogen-bond acceptors (Lipinski definition) is 3. The van der Waals surface area contributed by atoms with Gasteiger partial charge in [0, 0.05) is 19.1 Å². The Labute approximate surface area is 159 Å². The number of aliphatic hydroxyl groups is 3. The summed E-state index contributed by atoms with van der Waals surface area (Å²) in [7, 11) is 0. The minimum absolute atomic E-state index is 0.0526. The van der Waals surface area contributed by atoms with Gasteiger partial charge in [-0.25, -0.2) is 0 Å². The zero-order valence-corrected chi connectivity index (χ0v) is 16.9. The van der Waals surface area contributed by atoms with Crippen molar-refractivity contribution in [3.05, 3.63) is 0 Å². The van der Waals surface area contributed by atoms with Crippen LogP contribution in [-0.2, 0) is 0 Å². The lowest BCUT2D eigenvalue weighted by Gasteiger charge is -2.61. The molecule has 8 atom stereocenters. The second-order valence-corrected chi connectivity index (χ2v) is 10.9. The van der Waals surface area contributed by atoms with Crippen LogP contribution < -0.4 is 0 Å². The van der Waals surface area contributed by atoms with Crippen molar-refractivity contribution in [1.29, 1.82) is 0 Å². The van der Waals surface area contributed by atoms with Gasteiger partial charge in [0.2, 0.25) is 0 Å². The minimum Gasteiger partial charge on any atom is -0.396 e. The van der Waals surface area contributed by atoms with Crippen molar-refractivity contribution in [2.24, 2.45) is 46.3 Å². The van der Waals surface area contributed by atoms with Crippen LogP contribution in [0.2, 0.25) is 0 Å². The monoisotopic (exact) mass is 364 g/mol. The highest BCUT2D eigenvalue weighted by Crippen LogP contribution is 2.67. The van der Waals surface area contributed by atoms with Gasteiger partial charge in [-0.3, -0.25) is 0 Å². The number of rotatable bonds is 4. The van der Waals surface area contributed by atoms with Gasteiger partial charge >= 0.3 is 0 Å². The molecule has 4 rings (SSSR count). The quantitative estimate of drug-likeness (QED) is 0.707. The molecule has 0 amide bonds. The fraction of sp³-hybridized carbons (Fsp3) is 1.00. The summed E-state index contributed by atoms with van der Waals surface area (Å²) in [5, 5.41) is 29.3. The van der Waals surface area contributed by atoms with Crippen molar-refractivity contribution in [3.8, 4) is 0 Å². The molecule has 0 heterocycles. The molecule has 4 fully saturated rings. The molecule has 26 heavy (non-hydrogen) atoms. The minimum atomic E-state index is -0.0526. The predicted octanol–water partition coefficient (Wildman–Crippen LogP) is 4.00. The van der Waals surface area contributed by atoms with Crippen LogP contribution >= 0.6 is 0 Å². The average molecular weight is 365 g/mol. The van der Waals surface area contributed by atoms with Crippen LogP contribution in [0.15, 0.2) is 0 Å². The number of hydrogen-bond donors (Lipinski definition) is 3. The zero-order chi connectivity index (χ0) is 18.5. The van der Waals surface area contributed by atoms with Crippen LogP contribution in [0.4, 0.5) is 0 Å². The molecule has 0 spiro atoms. The molecule has 0 radical (unpaired) electrons. The maximum absolute atomic E-state index is 10.2. The first-order chi connectivity index (χ1) is 12.4. The van der Waals surface area contributed by atoms with E-state index in [1.165, 1.54) is 44.9 Å². The highest BCUT2D eigenvalue weighted by molar-refractivity contribution is 5.09. The lowest BCUT2D eigenvalue weighted by atomic mass is 9.44. The zero-order valence-electron chi connectivity index (χ0n) is 16.9. The van der Waals surface area contributed by atoms with Gasteiger partial charge in [-0.1, -0.05) is 13.8 Å². The van der Waals surface area contributed by atoms with Gasteiger partial charge in [-0.2, -0.15) is 0 Å². The van der Waals surface area contributed by atoms with E-state index in [0.29, 0.717) is 16.7 Å². The molecule has 3 N–H and O–H groups in total. The van der Waals surface area contributed by atoms with Gasteiger partial charge in [0.1, 0.15) is 0 Å². The van der Waals surface area contributed by atoms with Gasteiger partial charge in [0.05, 0.1) is 6.10 Å². The molecule has 0 aromatic rings. The van der Waals surface area contributed by atoms with Crippen LogP contribution in [0.25, 0.3) is 0 Å². The third-order valence-corrected chi connectivity index (χ3v) is 9.97. The molecule has 4 aliphatic carbocycles. The van der Waals surface area contributed by atoms with E-state index in [1.807, 2.05) is 0 Å². The molecule has 0 aromatic heterocycles. The summed E-state index contributed by atoms with van der Waals surface area (Å²) in [5.74, 6) is 4.06. The average Bonchev–Trinajstić information content (AvgIpc) is 2.96. The van der Waals surface area contributed by atoms with Crippen molar-refractivity contribution in [3.63, 3.8) is 0 Å². The Balaban J connectivity index is 1.52. The summed E-state index contributed by atoms with van der Waals surface area (Å²) < 4.78 is 0. The van der Waals surface area contributed by atoms with Crippen LogP contribution in [0.1, 0.15) is 78.1 Å².